The van der Waals surface area contributed by atoms with Gasteiger partial charge in [0, 0.05) is 5.56 Å². The predicted molar refractivity (Wildman–Crippen MR) is 52.3 cm³/mol. The molecule has 0 unspecified atom stereocenters. The standard InChI is InChI=1S/C9H7ClF2N2O/c10-3-5-7(15-9(11)12)2-1-6-8(5)14-4-13-6/h1-2,4,9H,3H2,(H,13,14). The van der Waals surface area contributed by atoms with Crippen LogP contribution < -0.4 is 4.74 Å². The molecule has 1 aromatic heterocycles. The predicted octanol–water partition coefficient (Wildman–Crippen LogP) is 2.90. The molecule has 0 aliphatic carbocycles. The lowest BCUT2D eigenvalue weighted by atomic mass is 10.2. The minimum absolute atomic E-state index is 0.0691. The zero-order valence-corrected chi connectivity index (χ0v) is 8.26. The third-order valence-corrected chi connectivity index (χ3v) is 2.27. The van der Waals surface area contributed by atoms with Gasteiger partial charge < -0.3 is 9.72 Å². The van der Waals surface area contributed by atoms with Gasteiger partial charge in [-0.2, -0.15) is 8.78 Å². The number of alkyl halides is 3. The Morgan fingerprint density at radius 1 is 1.47 bits per heavy atom. The molecule has 0 fully saturated rings. The summed E-state index contributed by atoms with van der Waals surface area (Å²) in [5.41, 5.74) is 1.77. The lowest BCUT2D eigenvalue weighted by Crippen LogP contribution is -2.04. The van der Waals surface area contributed by atoms with Crippen molar-refractivity contribution in [3.8, 4) is 5.75 Å². The first-order valence-corrected chi connectivity index (χ1v) is 4.71. The third-order valence-electron chi connectivity index (χ3n) is 2.00. The first kappa shape index (κ1) is 10.2. The summed E-state index contributed by atoms with van der Waals surface area (Å²) in [5, 5.41) is 0. The number of nitrogens with one attached hydrogen (secondary N) is 1. The van der Waals surface area contributed by atoms with E-state index in [1.54, 1.807) is 6.07 Å². The second kappa shape index (κ2) is 4.02. The van der Waals surface area contributed by atoms with Crippen molar-refractivity contribution in [3.63, 3.8) is 0 Å². The molecule has 1 aromatic carbocycles. The first-order valence-electron chi connectivity index (χ1n) is 4.18. The summed E-state index contributed by atoms with van der Waals surface area (Å²) in [7, 11) is 0. The van der Waals surface area contributed by atoms with Gasteiger partial charge in [-0.1, -0.05) is 0 Å². The Kier molecular flexibility index (Phi) is 2.73. The van der Waals surface area contributed by atoms with E-state index in [0.29, 0.717) is 11.1 Å². The third kappa shape index (κ3) is 1.87. The fraction of sp³-hybridized carbons (Fsp3) is 0.222. The van der Waals surface area contributed by atoms with Crippen molar-refractivity contribution in [2.75, 3.05) is 0 Å². The van der Waals surface area contributed by atoms with E-state index in [2.05, 4.69) is 14.7 Å². The Bertz CT molecular complexity index is 472. The van der Waals surface area contributed by atoms with Crippen LogP contribution in [0.4, 0.5) is 8.78 Å². The van der Waals surface area contributed by atoms with Crippen molar-refractivity contribution in [1.82, 2.24) is 9.97 Å². The summed E-state index contributed by atoms with van der Waals surface area (Å²) >= 11 is 5.67. The SMILES string of the molecule is FC(F)Oc1ccc2[nH]cnc2c1CCl. The van der Waals surface area contributed by atoms with Crippen molar-refractivity contribution in [2.45, 2.75) is 12.5 Å². The normalized spacial score (nSPS) is 11.2. The number of aromatic amines is 1. The summed E-state index contributed by atoms with van der Waals surface area (Å²) in [6, 6.07) is 3.07. The molecule has 0 bridgehead atoms. The quantitative estimate of drug-likeness (QED) is 0.827. The van der Waals surface area contributed by atoms with Gasteiger partial charge in [-0.05, 0) is 12.1 Å². The van der Waals surface area contributed by atoms with Crippen LogP contribution in [0.25, 0.3) is 11.0 Å². The molecule has 2 aromatic rings. The molecule has 80 valence electrons. The van der Waals surface area contributed by atoms with Gasteiger partial charge >= 0.3 is 6.61 Å². The molecule has 0 spiro atoms. The highest BCUT2D eigenvalue weighted by molar-refractivity contribution is 6.18. The smallest absolute Gasteiger partial charge is 0.387 e. The summed E-state index contributed by atoms with van der Waals surface area (Å²) in [5.74, 6) is 0.143. The van der Waals surface area contributed by atoms with Crippen LogP contribution >= 0.6 is 11.6 Å². The van der Waals surface area contributed by atoms with Crippen molar-refractivity contribution < 1.29 is 13.5 Å². The number of hydrogen-bond acceptors (Lipinski definition) is 2. The number of ether oxygens (including phenoxy) is 1. The number of rotatable bonds is 3. The van der Waals surface area contributed by atoms with Crippen LogP contribution in [0.15, 0.2) is 18.5 Å². The number of fused-ring (bicyclic) bond motifs is 1. The number of aromatic nitrogens is 2. The maximum absolute atomic E-state index is 12.1. The minimum atomic E-state index is -2.86. The van der Waals surface area contributed by atoms with E-state index in [1.807, 2.05) is 0 Å². The molecule has 0 atom stereocenters. The van der Waals surface area contributed by atoms with Gasteiger partial charge in [-0.3, -0.25) is 0 Å². The van der Waals surface area contributed by atoms with Crippen molar-refractivity contribution in [2.24, 2.45) is 0 Å². The molecule has 6 heteroatoms. The van der Waals surface area contributed by atoms with Crippen molar-refractivity contribution in [3.05, 3.63) is 24.0 Å². The molecule has 3 nitrogen and oxygen atoms in total. The number of imidazole rings is 1. The van der Waals surface area contributed by atoms with E-state index in [-0.39, 0.29) is 11.6 Å². The fourth-order valence-electron chi connectivity index (χ4n) is 1.38. The lowest BCUT2D eigenvalue weighted by molar-refractivity contribution is -0.0502. The van der Waals surface area contributed by atoms with E-state index in [9.17, 15) is 8.78 Å². The zero-order valence-electron chi connectivity index (χ0n) is 7.51. The molecule has 0 radical (unpaired) electrons. The molecule has 0 amide bonds. The van der Waals surface area contributed by atoms with Gasteiger partial charge in [0.25, 0.3) is 0 Å². The van der Waals surface area contributed by atoms with Crippen LogP contribution in [-0.2, 0) is 5.88 Å². The largest absolute Gasteiger partial charge is 0.434 e. The monoisotopic (exact) mass is 232 g/mol. The highest BCUT2D eigenvalue weighted by Gasteiger charge is 2.13. The van der Waals surface area contributed by atoms with Crippen molar-refractivity contribution in [1.29, 1.82) is 0 Å². The molecule has 15 heavy (non-hydrogen) atoms. The number of halogens is 3. The van der Waals surface area contributed by atoms with Crippen molar-refractivity contribution >= 4 is 22.6 Å². The average molecular weight is 233 g/mol. The zero-order chi connectivity index (χ0) is 10.8. The van der Waals surface area contributed by atoms with Gasteiger partial charge in [-0.25, -0.2) is 4.98 Å². The van der Waals surface area contributed by atoms with Gasteiger partial charge in [0.05, 0.1) is 23.2 Å². The van der Waals surface area contributed by atoms with Crippen LogP contribution in [-0.4, -0.2) is 16.6 Å². The Hall–Kier alpha value is -1.36. The summed E-state index contributed by atoms with van der Waals surface area (Å²) < 4.78 is 28.5. The number of hydrogen-bond donors (Lipinski definition) is 1. The summed E-state index contributed by atoms with van der Waals surface area (Å²) in [6.45, 7) is -2.86. The van der Waals surface area contributed by atoms with Crippen LogP contribution in [0.1, 0.15) is 5.56 Å². The molecule has 0 saturated heterocycles. The van der Waals surface area contributed by atoms with E-state index in [1.165, 1.54) is 12.4 Å². The molecule has 0 saturated carbocycles. The maximum Gasteiger partial charge on any atom is 0.387 e. The van der Waals surface area contributed by atoms with E-state index in [4.69, 9.17) is 11.6 Å². The first-order chi connectivity index (χ1) is 7.22. The highest BCUT2D eigenvalue weighted by atomic mass is 35.5. The molecule has 1 heterocycles. The molecule has 2 rings (SSSR count). The van der Waals surface area contributed by atoms with Gasteiger partial charge in [-0.15, -0.1) is 11.6 Å². The topological polar surface area (TPSA) is 37.9 Å². The molecule has 0 aliphatic rings. The molecular weight excluding hydrogens is 226 g/mol. The van der Waals surface area contributed by atoms with Gasteiger partial charge in [0.1, 0.15) is 5.75 Å². The lowest BCUT2D eigenvalue weighted by Gasteiger charge is -2.08. The number of H-pyrrole nitrogens is 1. The fourth-order valence-corrected chi connectivity index (χ4v) is 1.64. The molecule has 0 aliphatic heterocycles. The molecule has 1 N–H and O–H groups in total. The minimum Gasteiger partial charge on any atom is -0.434 e. The Balaban J connectivity index is 2.53. The number of nitrogens with zero attached hydrogens (tertiary/aromatic N) is 1. The summed E-state index contributed by atoms with van der Waals surface area (Å²) in [6.07, 6.45) is 1.48. The van der Waals surface area contributed by atoms with Crippen LogP contribution in [0, 0.1) is 0 Å². The Morgan fingerprint density at radius 2 is 2.27 bits per heavy atom. The maximum atomic E-state index is 12.1. The Morgan fingerprint density at radius 3 is 2.93 bits per heavy atom. The van der Waals surface area contributed by atoms with E-state index < -0.39 is 6.61 Å². The van der Waals surface area contributed by atoms with E-state index in [0.717, 1.165) is 5.52 Å². The second-order valence-corrected chi connectivity index (χ2v) is 3.12. The van der Waals surface area contributed by atoms with Gasteiger partial charge in [0.15, 0.2) is 0 Å². The number of benzene rings is 1. The summed E-state index contributed by atoms with van der Waals surface area (Å²) in [4.78, 5) is 6.85. The molecular formula is C9H7ClF2N2O. The highest BCUT2D eigenvalue weighted by Crippen LogP contribution is 2.28. The average Bonchev–Trinajstić information content (AvgIpc) is 2.64. The van der Waals surface area contributed by atoms with E-state index >= 15 is 0 Å². The van der Waals surface area contributed by atoms with Crippen LogP contribution in [0.5, 0.6) is 5.75 Å². The second-order valence-electron chi connectivity index (χ2n) is 2.85. The van der Waals surface area contributed by atoms with Crippen LogP contribution in [0.2, 0.25) is 0 Å². The van der Waals surface area contributed by atoms with Gasteiger partial charge in [0.2, 0.25) is 0 Å². The Labute approximate surface area is 89.0 Å². The van der Waals surface area contributed by atoms with Crippen LogP contribution in [0.3, 0.4) is 0 Å².